The Kier molecular flexibility index (Phi) is 10.0. The SMILES string of the molecule is CC(C)OC(=O)[C@H](C)O[P@](=O)(OC[C@H]1O[C@@H](n2cc(F)c(=O)[nH]c2=O)C(N)(C#CCF)[C@H]1O)Oc1ccccc1. The number of aliphatic hydroxyl groups excluding tert-OH is 1. The molecule has 1 aliphatic rings. The molecule has 1 unspecified atom stereocenters. The number of halogens is 2. The highest BCUT2D eigenvalue weighted by Crippen LogP contribution is 2.51. The summed E-state index contributed by atoms with van der Waals surface area (Å²) in [5.41, 5.74) is 1.49. The Labute approximate surface area is 226 Å². The number of nitrogens with zero attached hydrogens (tertiary/aromatic N) is 1. The molecule has 3 rings (SSSR count). The molecular formula is C24H28F2N3O10P. The van der Waals surface area contributed by atoms with Crippen LogP contribution < -0.4 is 21.5 Å². The molecule has 2 heterocycles. The zero-order chi connectivity index (χ0) is 29.7. The van der Waals surface area contributed by atoms with E-state index in [9.17, 15) is 32.8 Å². The largest absolute Gasteiger partial charge is 0.530 e. The second-order valence-corrected chi connectivity index (χ2v) is 10.4. The fraction of sp³-hybridized carbons (Fsp3) is 0.458. The molecule has 0 aliphatic carbocycles. The minimum atomic E-state index is -4.66. The van der Waals surface area contributed by atoms with Crippen LogP contribution in [-0.2, 0) is 27.9 Å². The maximum Gasteiger partial charge on any atom is 0.530 e. The van der Waals surface area contributed by atoms with Gasteiger partial charge < -0.3 is 24.8 Å². The summed E-state index contributed by atoms with van der Waals surface area (Å²) in [7, 11) is -4.66. The average molecular weight is 587 g/mol. The number of nitrogens with one attached hydrogen (secondary N) is 1. The number of aromatic amines is 1. The standard InChI is InChI=1S/C24H28F2N3O10P/c1-14(2)36-21(32)15(3)38-40(34,39-16-8-5-4-6-9-16)35-13-18-19(30)24(27,10-7-11-25)22(37-18)29-12-17(26)20(31)28-23(29)33/h4-6,8-9,12,14-15,18-19,22,30H,11,13,27H2,1-3H3,(H,28,31,33)/t15-,18+,19-,22+,24?,40-/m0/s1. The summed E-state index contributed by atoms with van der Waals surface area (Å²) < 4.78 is 67.8. The average Bonchev–Trinajstić information content (AvgIpc) is 3.13. The van der Waals surface area contributed by atoms with Crippen molar-refractivity contribution in [2.24, 2.45) is 5.73 Å². The van der Waals surface area contributed by atoms with Gasteiger partial charge in [-0.15, -0.1) is 0 Å². The van der Waals surface area contributed by atoms with E-state index in [1.54, 1.807) is 37.0 Å². The van der Waals surface area contributed by atoms with Crippen LogP contribution in [0, 0.1) is 17.7 Å². The predicted molar refractivity (Wildman–Crippen MR) is 134 cm³/mol. The number of esters is 1. The number of hydrogen-bond acceptors (Lipinski definition) is 11. The summed E-state index contributed by atoms with van der Waals surface area (Å²) in [6, 6.07) is 7.66. The molecule has 1 fully saturated rings. The van der Waals surface area contributed by atoms with Crippen LogP contribution in [0.2, 0.25) is 0 Å². The van der Waals surface area contributed by atoms with Gasteiger partial charge in [0.15, 0.2) is 17.9 Å². The molecule has 13 nitrogen and oxygen atoms in total. The third-order valence-corrected chi connectivity index (χ3v) is 6.91. The minimum absolute atomic E-state index is 0.0401. The first-order valence-electron chi connectivity index (χ1n) is 11.9. The number of ether oxygens (including phenoxy) is 2. The Morgan fingerprint density at radius 3 is 2.60 bits per heavy atom. The quantitative estimate of drug-likeness (QED) is 0.206. The van der Waals surface area contributed by atoms with E-state index in [2.05, 4.69) is 5.92 Å². The van der Waals surface area contributed by atoms with E-state index >= 15 is 0 Å². The molecule has 16 heteroatoms. The lowest BCUT2D eigenvalue weighted by molar-refractivity contribution is -0.156. The van der Waals surface area contributed by atoms with Crippen LogP contribution in [0.4, 0.5) is 8.78 Å². The molecule has 4 N–H and O–H groups in total. The van der Waals surface area contributed by atoms with Crippen LogP contribution in [0.25, 0.3) is 0 Å². The number of para-hydroxylation sites is 1. The summed E-state index contributed by atoms with van der Waals surface area (Å²) in [6.07, 6.45) is -6.58. The van der Waals surface area contributed by atoms with E-state index in [1.165, 1.54) is 19.1 Å². The number of H-pyrrole nitrogens is 1. The number of nitrogens with two attached hydrogens (primary N) is 1. The number of benzene rings is 1. The number of phosphoric ester groups is 1. The van der Waals surface area contributed by atoms with Gasteiger partial charge in [-0.2, -0.15) is 4.39 Å². The number of hydrogen-bond donors (Lipinski definition) is 3. The second-order valence-electron chi connectivity index (χ2n) is 8.86. The molecule has 0 bridgehead atoms. The Hall–Kier alpha value is -3.38. The molecule has 1 aliphatic heterocycles. The smallest absolute Gasteiger partial charge is 0.461 e. The second kappa shape index (κ2) is 12.9. The molecule has 6 atom stereocenters. The highest BCUT2D eigenvalue weighted by molar-refractivity contribution is 7.49. The van der Waals surface area contributed by atoms with Gasteiger partial charge in [-0.25, -0.2) is 18.5 Å². The van der Waals surface area contributed by atoms with Gasteiger partial charge in [-0.05, 0) is 32.9 Å². The summed E-state index contributed by atoms with van der Waals surface area (Å²) in [5.74, 6) is 2.08. The zero-order valence-corrected chi connectivity index (χ0v) is 22.5. The molecule has 1 aromatic carbocycles. The van der Waals surface area contributed by atoms with E-state index in [1.807, 2.05) is 5.92 Å². The van der Waals surface area contributed by atoms with Crippen molar-refractivity contribution in [3.05, 3.63) is 63.2 Å². The van der Waals surface area contributed by atoms with Crippen molar-refractivity contribution in [1.82, 2.24) is 9.55 Å². The van der Waals surface area contributed by atoms with Gasteiger partial charge >= 0.3 is 19.5 Å². The maximum absolute atomic E-state index is 14.0. The molecule has 0 spiro atoms. The van der Waals surface area contributed by atoms with Gasteiger partial charge in [0.1, 0.15) is 24.6 Å². The van der Waals surface area contributed by atoms with Crippen LogP contribution in [0.15, 0.2) is 46.1 Å². The lowest BCUT2D eigenvalue weighted by Gasteiger charge is -2.27. The minimum Gasteiger partial charge on any atom is -0.461 e. The summed E-state index contributed by atoms with van der Waals surface area (Å²) >= 11 is 0. The van der Waals surface area contributed by atoms with Gasteiger partial charge in [-0.1, -0.05) is 30.0 Å². The highest BCUT2D eigenvalue weighted by Gasteiger charge is 2.55. The summed E-state index contributed by atoms with van der Waals surface area (Å²) in [4.78, 5) is 37.8. The number of alkyl halides is 1. The fourth-order valence-corrected chi connectivity index (χ4v) is 4.95. The molecule has 1 aromatic heterocycles. The van der Waals surface area contributed by atoms with Crippen molar-refractivity contribution in [1.29, 1.82) is 0 Å². The van der Waals surface area contributed by atoms with Crippen molar-refractivity contribution in [3.8, 4) is 17.6 Å². The molecule has 0 radical (unpaired) electrons. The number of carbonyl (C=O) groups is 1. The van der Waals surface area contributed by atoms with E-state index in [0.29, 0.717) is 10.8 Å². The third-order valence-electron chi connectivity index (χ3n) is 5.43. The molecule has 0 amide bonds. The number of rotatable bonds is 10. The van der Waals surface area contributed by atoms with Crippen molar-refractivity contribution in [2.75, 3.05) is 13.3 Å². The van der Waals surface area contributed by atoms with Crippen molar-refractivity contribution in [3.63, 3.8) is 0 Å². The van der Waals surface area contributed by atoms with Gasteiger partial charge in [-0.3, -0.25) is 23.4 Å². The van der Waals surface area contributed by atoms with Crippen LogP contribution in [0.1, 0.15) is 27.0 Å². The summed E-state index contributed by atoms with van der Waals surface area (Å²) in [5, 5.41) is 11.0. The van der Waals surface area contributed by atoms with Crippen molar-refractivity contribution < 1.29 is 46.3 Å². The first-order chi connectivity index (χ1) is 18.8. The van der Waals surface area contributed by atoms with Gasteiger partial charge in [0, 0.05) is 0 Å². The number of phosphoric acid groups is 1. The van der Waals surface area contributed by atoms with Crippen LogP contribution in [0.3, 0.4) is 0 Å². The third kappa shape index (κ3) is 7.22. The first-order valence-corrected chi connectivity index (χ1v) is 13.3. The van der Waals surface area contributed by atoms with Crippen LogP contribution in [-0.4, -0.2) is 63.9 Å². The van der Waals surface area contributed by atoms with E-state index in [4.69, 9.17) is 28.8 Å². The lowest BCUT2D eigenvalue weighted by atomic mass is 9.91. The van der Waals surface area contributed by atoms with Gasteiger partial charge in [0.2, 0.25) is 5.82 Å². The number of carbonyl (C=O) groups excluding carboxylic acids is 1. The molecular weight excluding hydrogens is 559 g/mol. The highest BCUT2D eigenvalue weighted by atomic mass is 31.2. The monoisotopic (exact) mass is 587 g/mol. The van der Waals surface area contributed by atoms with E-state index in [-0.39, 0.29) is 5.75 Å². The molecule has 0 saturated carbocycles. The Balaban J connectivity index is 1.91. The normalized spacial score (nSPS) is 24.6. The molecule has 1 saturated heterocycles. The van der Waals surface area contributed by atoms with Gasteiger partial charge in [0.25, 0.3) is 5.56 Å². The van der Waals surface area contributed by atoms with Gasteiger partial charge in [0.05, 0.1) is 18.9 Å². The number of aliphatic hydroxyl groups is 1. The van der Waals surface area contributed by atoms with Crippen molar-refractivity contribution in [2.45, 2.75) is 57.0 Å². The fourth-order valence-electron chi connectivity index (χ4n) is 3.61. The summed E-state index contributed by atoms with van der Waals surface area (Å²) in [6.45, 7) is 2.47. The number of aromatic nitrogens is 2. The van der Waals surface area contributed by atoms with Crippen LogP contribution in [0.5, 0.6) is 5.75 Å². The first kappa shape index (κ1) is 31.2. The molecule has 218 valence electrons. The lowest BCUT2D eigenvalue weighted by Crippen LogP contribution is -2.55. The van der Waals surface area contributed by atoms with E-state index in [0.717, 1.165) is 0 Å². The van der Waals surface area contributed by atoms with E-state index < -0.39 is 80.3 Å². The topological polar surface area (TPSA) is 181 Å². The molecule has 40 heavy (non-hydrogen) atoms. The zero-order valence-electron chi connectivity index (χ0n) is 21.6. The van der Waals surface area contributed by atoms with Crippen LogP contribution >= 0.6 is 7.82 Å². The van der Waals surface area contributed by atoms with Crippen molar-refractivity contribution >= 4 is 13.8 Å². The molecule has 2 aromatic rings. The Morgan fingerprint density at radius 1 is 1.30 bits per heavy atom. The maximum atomic E-state index is 14.0. The Bertz CT molecular complexity index is 1420. The Morgan fingerprint density at radius 2 is 1.98 bits per heavy atom. The predicted octanol–water partition coefficient (Wildman–Crippen LogP) is 1.16.